The summed E-state index contributed by atoms with van der Waals surface area (Å²) in [5, 5.41) is 10.1. The van der Waals surface area contributed by atoms with Crippen molar-refractivity contribution in [3.8, 4) is 0 Å². The van der Waals surface area contributed by atoms with Crippen molar-refractivity contribution in [1.29, 1.82) is 0 Å². The molecule has 0 aliphatic carbocycles. The Morgan fingerprint density at radius 1 is 1.33 bits per heavy atom. The standard InChI is InChI=1S/C11H16N2O4S/c1-4-10(3)12(13(14)15)18(16,17)11-7-5-9(2)6-8-11/h5-8,10H,4H2,1-3H3. The van der Waals surface area contributed by atoms with Gasteiger partial charge < -0.3 is 0 Å². The molecule has 1 aromatic carbocycles. The summed E-state index contributed by atoms with van der Waals surface area (Å²) in [5.74, 6) is 0. The summed E-state index contributed by atoms with van der Waals surface area (Å²) in [6.45, 7) is 5.02. The Bertz CT molecular complexity index is 524. The second-order valence-electron chi connectivity index (χ2n) is 4.09. The summed E-state index contributed by atoms with van der Waals surface area (Å²) >= 11 is 0. The highest BCUT2D eigenvalue weighted by molar-refractivity contribution is 7.89. The van der Waals surface area contributed by atoms with E-state index < -0.39 is 21.1 Å². The Morgan fingerprint density at radius 2 is 1.83 bits per heavy atom. The Kier molecular flexibility index (Phi) is 4.28. The Morgan fingerprint density at radius 3 is 2.22 bits per heavy atom. The van der Waals surface area contributed by atoms with E-state index in [1.807, 2.05) is 6.92 Å². The highest BCUT2D eigenvalue weighted by atomic mass is 32.2. The normalized spacial score (nSPS) is 13.1. The van der Waals surface area contributed by atoms with Crippen molar-refractivity contribution < 1.29 is 13.5 Å². The Labute approximate surface area is 106 Å². The van der Waals surface area contributed by atoms with Gasteiger partial charge in [0.15, 0.2) is 5.03 Å². The van der Waals surface area contributed by atoms with Crippen LogP contribution in [-0.2, 0) is 10.0 Å². The third-order valence-electron chi connectivity index (χ3n) is 2.69. The first kappa shape index (κ1) is 14.4. The molecule has 0 amide bonds. The lowest BCUT2D eigenvalue weighted by molar-refractivity contribution is -0.627. The molecule has 0 aromatic heterocycles. The number of hydrogen-bond acceptors (Lipinski definition) is 4. The van der Waals surface area contributed by atoms with Crippen LogP contribution in [0.5, 0.6) is 0 Å². The smallest absolute Gasteiger partial charge is 0.234 e. The monoisotopic (exact) mass is 272 g/mol. The average molecular weight is 272 g/mol. The van der Waals surface area contributed by atoms with Gasteiger partial charge in [0.1, 0.15) is 6.04 Å². The predicted molar refractivity (Wildman–Crippen MR) is 67.0 cm³/mol. The molecule has 0 saturated carbocycles. The zero-order chi connectivity index (χ0) is 13.9. The highest BCUT2D eigenvalue weighted by Gasteiger charge is 2.36. The summed E-state index contributed by atoms with van der Waals surface area (Å²) in [6, 6.07) is 5.29. The van der Waals surface area contributed by atoms with Crippen LogP contribution in [0.3, 0.4) is 0 Å². The maximum Gasteiger partial charge on any atom is 0.313 e. The van der Waals surface area contributed by atoms with Crippen LogP contribution in [0, 0.1) is 17.0 Å². The van der Waals surface area contributed by atoms with Gasteiger partial charge in [-0.25, -0.2) is 10.1 Å². The molecule has 1 unspecified atom stereocenters. The van der Waals surface area contributed by atoms with Crippen LogP contribution in [0.1, 0.15) is 25.8 Å². The van der Waals surface area contributed by atoms with Gasteiger partial charge in [-0.2, -0.15) is 8.42 Å². The van der Waals surface area contributed by atoms with Gasteiger partial charge in [-0.05, 0) is 36.8 Å². The van der Waals surface area contributed by atoms with Crippen LogP contribution in [0.2, 0.25) is 0 Å². The summed E-state index contributed by atoms with van der Waals surface area (Å²) in [5.41, 5.74) is 0.894. The number of nitro groups is 1. The summed E-state index contributed by atoms with van der Waals surface area (Å²) in [6.07, 6.45) is 0.367. The first-order valence-electron chi connectivity index (χ1n) is 5.56. The molecule has 0 aliphatic rings. The molecule has 0 spiro atoms. The Balaban J connectivity index is 3.25. The maximum atomic E-state index is 12.2. The van der Waals surface area contributed by atoms with Gasteiger partial charge in [0, 0.05) is 0 Å². The second kappa shape index (κ2) is 5.34. The van der Waals surface area contributed by atoms with Crippen molar-refractivity contribution in [3.05, 3.63) is 39.9 Å². The van der Waals surface area contributed by atoms with E-state index in [0.29, 0.717) is 10.8 Å². The lowest BCUT2D eigenvalue weighted by atomic mass is 10.2. The van der Waals surface area contributed by atoms with Crippen LogP contribution in [0.15, 0.2) is 29.2 Å². The van der Waals surface area contributed by atoms with Gasteiger partial charge in [0.25, 0.3) is 0 Å². The molecule has 6 nitrogen and oxygen atoms in total. The van der Waals surface area contributed by atoms with Gasteiger partial charge in [0.05, 0.1) is 4.90 Å². The van der Waals surface area contributed by atoms with Crippen molar-refractivity contribution in [1.82, 2.24) is 4.41 Å². The zero-order valence-corrected chi connectivity index (χ0v) is 11.3. The number of hydrogen-bond donors (Lipinski definition) is 0. The van der Waals surface area contributed by atoms with Gasteiger partial charge in [-0.3, -0.25) is 0 Å². The molecular formula is C11H16N2O4S. The van der Waals surface area contributed by atoms with Gasteiger partial charge >= 0.3 is 10.0 Å². The van der Waals surface area contributed by atoms with Crippen molar-refractivity contribution in [2.24, 2.45) is 0 Å². The zero-order valence-electron chi connectivity index (χ0n) is 10.5. The molecule has 0 bridgehead atoms. The van der Waals surface area contributed by atoms with Gasteiger partial charge in [-0.15, -0.1) is 0 Å². The SMILES string of the molecule is CCC(C)N([N+](=O)[O-])S(=O)(=O)c1ccc(C)cc1. The van der Waals surface area contributed by atoms with Crippen LogP contribution in [0.25, 0.3) is 0 Å². The number of aryl methyl sites for hydroxylation is 1. The van der Waals surface area contributed by atoms with E-state index in [-0.39, 0.29) is 4.90 Å². The molecular weight excluding hydrogens is 256 g/mol. The van der Waals surface area contributed by atoms with Gasteiger partial charge in [-0.1, -0.05) is 24.6 Å². The van der Waals surface area contributed by atoms with E-state index >= 15 is 0 Å². The third kappa shape index (κ3) is 2.79. The van der Waals surface area contributed by atoms with Crippen LogP contribution < -0.4 is 0 Å². The van der Waals surface area contributed by atoms with Crippen LogP contribution >= 0.6 is 0 Å². The molecule has 18 heavy (non-hydrogen) atoms. The summed E-state index contributed by atoms with van der Waals surface area (Å²) in [4.78, 5) is 10.9. The maximum absolute atomic E-state index is 12.2. The number of benzene rings is 1. The van der Waals surface area contributed by atoms with Crippen LogP contribution in [0.4, 0.5) is 0 Å². The van der Waals surface area contributed by atoms with Crippen molar-refractivity contribution >= 4 is 10.0 Å². The molecule has 0 saturated heterocycles. The van der Waals surface area contributed by atoms with E-state index in [2.05, 4.69) is 0 Å². The largest absolute Gasteiger partial charge is 0.313 e. The second-order valence-corrected chi connectivity index (χ2v) is 5.88. The predicted octanol–water partition coefficient (Wildman–Crippen LogP) is 1.98. The summed E-state index contributed by atoms with van der Waals surface area (Å²) in [7, 11) is -4.09. The molecule has 1 rings (SSSR count). The lowest BCUT2D eigenvalue weighted by Crippen LogP contribution is -2.42. The molecule has 1 atom stereocenters. The van der Waals surface area contributed by atoms with Gasteiger partial charge in [0.2, 0.25) is 0 Å². The molecule has 7 heteroatoms. The molecule has 0 heterocycles. The van der Waals surface area contributed by atoms with Crippen LogP contribution in [-0.4, -0.2) is 23.9 Å². The highest BCUT2D eigenvalue weighted by Crippen LogP contribution is 2.19. The number of nitrogens with zero attached hydrogens (tertiary/aromatic N) is 2. The number of sulfonamides is 1. The molecule has 0 fully saturated rings. The van der Waals surface area contributed by atoms with E-state index in [0.717, 1.165) is 5.56 Å². The average Bonchev–Trinajstić information content (AvgIpc) is 2.28. The fourth-order valence-corrected chi connectivity index (χ4v) is 2.95. The van der Waals surface area contributed by atoms with Crippen molar-refractivity contribution in [2.75, 3.05) is 0 Å². The van der Waals surface area contributed by atoms with E-state index in [9.17, 15) is 18.5 Å². The van der Waals surface area contributed by atoms with Crippen molar-refractivity contribution in [2.45, 2.75) is 38.1 Å². The summed E-state index contributed by atoms with van der Waals surface area (Å²) < 4.78 is 24.7. The molecule has 100 valence electrons. The van der Waals surface area contributed by atoms with Crippen molar-refractivity contribution in [3.63, 3.8) is 0 Å². The number of hydrazine groups is 1. The van der Waals surface area contributed by atoms with E-state index in [1.54, 1.807) is 19.1 Å². The Hall–Kier alpha value is -1.63. The minimum atomic E-state index is -4.09. The lowest BCUT2D eigenvalue weighted by Gasteiger charge is -2.19. The quantitative estimate of drug-likeness (QED) is 0.606. The topological polar surface area (TPSA) is 80.5 Å². The first-order valence-corrected chi connectivity index (χ1v) is 7.00. The van der Waals surface area contributed by atoms with E-state index in [1.165, 1.54) is 19.1 Å². The first-order chi connectivity index (χ1) is 8.30. The minimum absolute atomic E-state index is 0.0647. The molecule has 0 N–H and O–H groups in total. The molecule has 1 aromatic rings. The minimum Gasteiger partial charge on any atom is -0.234 e. The number of rotatable bonds is 5. The fraction of sp³-hybridized carbons (Fsp3) is 0.455. The third-order valence-corrected chi connectivity index (χ3v) is 4.55. The molecule has 0 aliphatic heterocycles. The fourth-order valence-electron chi connectivity index (χ4n) is 1.46. The van der Waals surface area contributed by atoms with E-state index in [4.69, 9.17) is 0 Å². The molecule has 0 radical (unpaired) electrons.